The maximum atomic E-state index is 12.0. The molecule has 0 atom stereocenters. The van der Waals surface area contributed by atoms with E-state index in [0.717, 1.165) is 0 Å². The molecule has 8 nitrogen and oxygen atoms in total. The number of carbonyl (C=O) groups is 2. The van der Waals surface area contributed by atoms with Gasteiger partial charge in [0.25, 0.3) is 5.91 Å². The van der Waals surface area contributed by atoms with Gasteiger partial charge in [0, 0.05) is 6.54 Å². The number of benzene rings is 2. The average molecular weight is 392 g/mol. The predicted octanol–water partition coefficient (Wildman–Crippen LogP) is 1.55. The molecule has 0 aromatic heterocycles. The van der Waals surface area contributed by atoms with E-state index in [4.69, 9.17) is 9.47 Å². The molecular formula is C18H20N2O6S. The van der Waals surface area contributed by atoms with Gasteiger partial charge in [-0.1, -0.05) is 30.3 Å². The number of anilines is 1. The number of rotatable bonds is 9. The molecule has 27 heavy (non-hydrogen) atoms. The van der Waals surface area contributed by atoms with E-state index in [1.807, 2.05) is 0 Å². The second-order valence-electron chi connectivity index (χ2n) is 5.37. The first kappa shape index (κ1) is 20.4. The van der Waals surface area contributed by atoms with Crippen molar-refractivity contribution in [3.8, 4) is 5.75 Å². The van der Waals surface area contributed by atoms with Crippen LogP contribution in [-0.4, -0.2) is 40.6 Å². The minimum Gasteiger partial charge on any atom is -0.495 e. The van der Waals surface area contributed by atoms with Crippen molar-refractivity contribution in [2.24, 2.45) is 0 Å². The molecule has 2 N–H and O–H groups in total. The van der Waals surface area contributed by atoms with E-state index in [1.54, 1.807) is 42.5 Å². The summed E-state index contributed by atoms with van der Waals surface area (Å²) >= 11 is 0. The Morgan fingerprint density at radius 3 is 2.37 bits per heavy atom. The van der Waals surface area contributed by atoms with Crippen LogP contribution in [0.4, 0.5) is 5.69 Å². The first-order valence-electron chi connectivity index (χ1n) is 8.05. The summed E-state index contributed by atoms with van der Waals surface area (Å²) in [6.45, 7) is -0.619. The van der Waals surface area contributed by atoms with Gasteiger partial charge in [0.2, 0.25) is 10.0 Å². The van der Waals surface area contributed by atoms with Crippen LogP contribution in [0.15, 0.2) is 59.5 Å². The standard InChI is InChI=1S/C18H20N2O6S/c1-25-16-10-6-5-9-15(16)20-17(21)13-26-18(22)11-12-19-27(23,24)14-7-3-2-4-8-14/h2-10,19H,11-13H2,1H3,(H,20,21). The molecule has 0 unspecified atom stereocenters. The number of ether oxygens (including phenoxy) is 2. The van der Waals surface area contributed by atoms with Gasteiger partial charge in [-0.05, 0) is 24.3 Å². The number of hydrogen-bond donors (Lipinski definition) is 2. The number of esters is 1. The first-order chi connectivity index (χ1) is 12.9. The van der Waals surface area contributed by atoms with Gasteiger partial charge in [-0.3, -0.25) is 9.59 Å². The van der Waals surface area contributed by atoms with E-state index < -0.39 is 28.5 Å². The van der Waals surface area contributed by atoms with Crippen molar-refractivity contribution in [2.45, 2.75) is 11.3 Å². The third-order valence-electron chi connectivity index (χ3n) is 3.42. The summed E-state index contributed by atoms with van der Waals surface area (Å²) in [5, 5.41) is 2.57. The summed E-state index contributed by atoms with van der Waals surface area (Å²) in [7, 11) is -2.21. The van der Waals surface area contributed by atoms with Gasteiger partial charge in [0.1, 0.15) is 5.75 Å². The van der Waals surface area contributed by atoms with Crippen molar-refractivity contribution in [3.05, 3.63) is 54.6 Å². The van der Waals surface area contributed by atoms with Crippen LogP contribution in [0, 0.1) is 0 Å². The molecule has 2 aromatic carbocycles. The zero-order valence-corrected chi connectivity index (χ0v) is 15.5. The number of para-hydroxylation sites is 2. The molecule has 0 saturated carbocycles. The van der Waals surface area contributed by atoms with Crippen molar-refractivity contribution in [2.75, 3.05) is 25.6 Å². The summed E-state index contributed by atoms with van der Waals surface area (Å²) in [6, 6.07) is 14.6. The van der Waals surface area contributed by atoms with Crippen LogP contribution >= 0.6 is 0 Å². The van der Waals surface area contributed by atoms with E-state index in [2.05, 4.69) is 10.0 Å². The molecule has 0 radical (unpaired) electrons. The molecule has 0 aliphatic heterocycles. The SMILES string of the molecule is COc1ccccc1NC(=O)COC(=O)CCNS(=O)(=O)c1ccccc1. The zero-order chi connectivity index (χ0) is 19.7. The van der Waals surface area contributed by atoms with Gasteiger partial charge in [0.05, 0.1) is 24.1 Å². The molecule has 0 bridgehead atoms. The maximum absolute atomic E-state index is 12.0. The van der Waals surface area contributed by atoms with Crippen LogP contribution in [0.5, 0.6) is 5.75 Å². The fourth-order valence-corrected chi connectivity index (χ4v) is 3.18. The fraction of sp³-hybridized carbons (Fsp3) is 0.222. The third kappa shape index (κ3) is 6.39. The molecule has 0 heterocycles. The average Bonchev–Trinajstić information content (AvgIpc) is 2.67. The van der Waals surface area contributed by atoms with E-state index in [-0.39, 0.29) is 17.9 Å². The van der Waals surface area contributed by atoms with Gasteiger partial charge < -0.3 is 14.8 Å². The van der Waals surface area contributed by atoms with E-state index >= 15 is 0 Å². The lowest BCUT2D eigenvalue weighted by Gasteiger charge is -2.10. The third-order valence-corrected chi connectivity index (χ3v) is 4.90. The maximum Gasteiger partial charge on any atom is 0.307 e. The molecule has 0 spiro atoms. The molecule has 9 heteroatoms. The van der Waals surface area contributed by atoms with Crippen LogP contribution in [-0.2, 0) is 24.3 Å². The second-order valence-corrected chi connectivity index (χ2v) is 7.14. The molecule has 0 saturated heterocycles. The Balaban J connectivity index is 1.74. The molecule has 0 fully saturated rings. The summed E-state index contributed by atoms with van der Waals surface area (Å²) < 4.78 is 36.3. The van der Waals surface area contributed by atoms with Gasteiger partial charge in [0.15, 0.2) is 6.61 Å². The van der Waals surface area contributed by atoms with E-state index in [1.165, 1.54) is 19.2 Å². The molecule has 0 aliphatic rings. The fourth-order valence-electron chi connectivity index (χ4n) is 2.12. The van der Waals surface area contributed by atoms with Crippen LogP contribution in [0.3, 0.4) is 0 Å². The second kappa shape index (κ2) is 9.70. The summed E-state index contributed by atoms with van der Waals surface area (Å²) in [6.07, 6.45) is -0.200. The molecular weight excluding hydrogens is 372 g/mol. The van der Waals surface area contributed by atoms with Gasteiger partial charge in [-0.15, -0.1) is 0 Å². The Kier molecular flexibility index (Phi) is 7.33. The lowest BCUT2D eigenvalue weighted by molar-refractivity contribution is -0.147. The number of methoxy groups -OCH3 is 1. The van der Waals surface area contributed by atoms with E-state index in [9.17, 15) is 18.0 Å². The normalized spacial score (nSPS) is 10.9. The molecule has 1 amide bonds. The minimum absolute atomic E-state index is 0.106. The molecule has 2 aromatic rings. The number of nitrogens with one attached hydrogen (secondary N) is 2. The monoisotopic (exact) mass is 392 g/mol. The van der Waals surface area contributed by atoms with Crippen LogP contribution in [0.2, 0.25) is 0 Å². The largest absolute Gasteiger partial charge is 0.495 e. The Morgan fingerprint density at radius 2 is 1.67 bits per heavy atom. The zero-order valence-electron chi connectivity index (χ0n) is 14.7. The topological polar surface area (TPSA) is 111 Å². The summed E-state index contributed by atoms with van der Waals surface area (Å²) in [5.41, 5.74) is 0.455. The van der Waals surface area contributed by atoms with Gasteiger partial charge in [-0.2, -0.15) is 0 Å². The molecule has 144 valence electrons. The number of sulfonamides is 1. The Bertz CT molecular complexity index is 884. The smallest absolute Gasteiger partial charge is 0.307 e. The van der Waals surface area contributed by atoms with Crippen molar-refractivity contribution in [3.63, 3.8) is 0 Å². The van der Waals surface area contributed by atoms with Crippen molar-refractivity contribution >= 4 is 27.6 Å². The van der Waals surface area contributed by atoms with Crippen LogP contribution < -0.4 is 14.8 Å². The minimum atomic E-state index is -3.69. The first-order valence-corrected chi connectivity index (χ1v) is 9.54. The predicted molar refractivity (Wildman–Crippen MR) is 98.8 cm³/mol. The Labute approximate surface area is 157 Å². The highest BCUT2D eigenvalue weighted by Crippen LogP contribution is 2.22. The summed E-state index contributed by atoms with van der Waals surface area (Å²) in [5.74, 6) is -0.744. The highest BCUT2D eigenvalue weighted by atomic mass is 32.2. The quantitative estimate of drug-likeness (QED) is 0.627. The van der Waals surface area contributed by atoms with Crippen molar-refractivity contribution < 1.29 is 27.5 Å². The van der Waals surface area contributed by atoms with Crippen molar-refractivity contribution in [1.29, 1.82) is 0 Å². The van der Waals surface area contributed by atoms with E-state index in [0.29, 0.717) is 11.4 Å². The lowest BCUT2D eigenvalue weighted by Crippen LogP contribution is -2.28. The van der Waals surface area contributed by atoms with Crippen molar-refractivity contribution in [1.82, 2.24) is 4.72 Å². The lowest BCUT2D eigenvalue weighted by atomic mass is 10.3. The molecule has 0 aliphatic carbocycles. The number of amides is 1. The van der Waals surface area contributed by atoms with Crippen LogP contribution in [0.25, 0.3) is 0 Å². The van der Waals surface area contributed by atoms with Gasteiger partial charge in [-0.25, -0.2) is 13.1 Å². The Morgan fingerprint density at radius 1 is 1.00 bits per heavy atom. The van der Waals surface area contributed by atoms with Gasteiger partial charge >= 0.3 is 5.97 Å². The Hall–Kier alpha value is -2.91. The summed E-state index contributed by atoms with van der Waals surface area (Å²) in [4.78, 5) is 23.6. The number of carbonyl (C=O) groups excluding carboxylic acids is 2. The highest BCUT2D eigenvalue weighted by Gasteiger charge is 2.14. The number of hydrogen-bond acceptors (Lipinski definition) is 6. The highest BCUT2D eigenvalue weighted by molar-refractivity contribution is 7.89. The molecule has 2 rings (SSSR count). The van der Waals surface area contributed by atoms with Crippen LogP contribution in [0.1, 0.15) is 6.42 Å².